The molecule has 1 unspecified atom stereocenters. The summed E-state index contributed by atoms with van der Waals surface area (Å²) in [7, 11) is 0. The van der Waals surface area contributed by atoms with Gasteiger partial charge in [0.05, 0.1) is 12.6 Å². The van der Waals surface area contributed by atoms with Crippen molar-refractivity contribution in [1.82, 2.24) is 5.32 Å². The lowest BCUT2D eigenvalue weighted by Gasteiger charge is -2.16. The summed E-state index contributed by atoms with van der Waals surface area (Å²) in [6.45, 7) is 5.01. The Hall–Kier alpha value is -3.09. The highest BCUT2D eigenvalue weighted by atomic mass is 19.1. The van der Waals surface area contributed by atoms with Gasteiger partial charge in [0.25, 0.3) is 5.91 Å². The van der Waals surface area contributed by atoms with Gasteiger partial charge in [0.2, 0.25) is 0 Å². The lowest BCUT2D eigenvalue weighted by Crippen LogP contribution is -2.26. The van der Waals surface area contributed by atoms with Gasteiger partial charge < -0.3 is 19.9 Å². The van der Waals surface area contributed by atoms with Crippen LogP contribution in [-0.4, -0.2) is 30.2 Å². The van der Waals surface area contributed by atoms with Crippen molar-refractivity contribution in [3.8, 4) is 11.5 Å². The van der Waals surface area contributed by atoms with Crippen LogP contribution >= 0.6 is 0 Å². The first-order valence-electron chi connectivity index (χ1n) is 8.50. The van der Waals surface area contributed by atoms with Crippen LogP contribution in [0.2, 0.25) is 0 Å². The number of ether oxygens (including phenoxy) is 2. The molecule has 0 saturated heterocycles. The zero-order chi connectivity index (χ0) is 20.0. The number of carboxylic acids is 1. The first-order chi connectivity index (χ1) is 12.8. The van der Waals surface area contributed by atoms with E-state index in [2.05, 4.69) is 5.32 Å². The number of amides is 1. The lowest BCUT2D eigenvalue weighted by molar-refractivity contribution is -0.139. The molecule has 144 valence electrons. The number of carbonyl (C=O) groups excluding carboxylic acids is 1. The van der Waals surface area contributed by atoms with Gasteiger partial charge in [-0.3, -0.25) is 4.79 Å². The fourth-order valence-electron chi connectivity index (χ4n) is 2.42. The fraction of sp³-hybridized carbons (Fsp3) is 0.300. The molecule has 0 fully saturated rings. The van der Waals surface area contributed by atoms with E-state index in [1.165, 1.54) is 24.3 Å². The minimum Gasteiger partial charge on any atom is -0.490 e. The van der Waals surface area contributed by atoms with Crippen molar-refractivity contribution >= 4 is 11.9 Å². The van der Waals surface area contributed by atoms with E-state index in [4.69, 9.17) is 14.6 Å². The topological polar surface area (TPSA) is 84.9 Å². The van der Waals surface area contributed by atoms with Gasteiger partial charge >= 0.3 is 5.97 Å². The second-order valence-corrected chi connectivity index (χ2v) is 5.98. The van der Waals surface area contributed by atoms with E-state index in [1.54, 1.807) is 32.9 Å². The third kappa shape index (κ3) is 5.44. The number of hydrogen-bond donors (Lipinski definition) is 2. The maximum absolute atomic E-state index is 13.7. The third-order valence-corrected chi connectivity index (χ3v) is 3.90. The Morgan fingerprint density at radius 3 is 2.52 bits per heavy atom. The van der Waals surface area contributed by atoms with E-state index in [1.807, 2.05) is 0 Å². The van der Waals surface area contributed by atoms with Crippen LogP contribution in [0.4, 0.5) is 4.39 Å². The minimum atomic E-state index is -1.11. The summed E-state index contributed by atoms with van der Waals surface area (Å²) in [5.74, 6) is -1.29. The Labute approximate surface area is 156 Å². The molecule has 2 aromatic rings. The average molecular weight is 375 g/mol. The number of halogens is 1. The molecule has 0 aromatic heterocycles. The highest BCUT2D eigenvalue weighted by molar-refractivity contribution is 5.95. The molecule has 1 amide bonds. The number of benzene rings is 2. The van der Waals surface area contributed by atoms with Gasteiger partial charge in [0.1, 0.15) is 5.82 Å². The van der Waals surface area contributed by atoms with Gasteiger partial charge in [-0.1, -0.05) is 12.1 Å². The predicted molar refractivity (Wildman–Crippen MR) is 97.8 cm³/mol. The molecular formula is C20H22FNO5. The Balaban J connectivity index is 2.15. The van der Waals surface area contributed by atoms with E-state index in [-0.39, 0.29) is 23.2 Å². The number of rotatable bonds is 8. The zero-order valence-electron chi connectivity index (χ0n) is 15.4. The molecule has 0 aliphatic rings. The molecule has 0 spiro atoms. The van der Waals surface area contributed by atoms with Crippen molar-refractivity contribution in [1.29, 1.82) is 0 Å². The van der Waals surface area contributed by atoms with Crippen LogP contribution in [0.1, 0.15) is 41.4 Å². The molecule has 0 radical (unpaired) electrons. The van der Waals surface area contributed by atoms with Gasteiger partial charge in [0.15, 0.2) is 18.1 Å². The van der Waals surface area contributed by atoms with Crippen LogP contribution in [-0.2, 0) is 4.79 Å². The van der Waals surface area contributed by atoms with Crippen LogP contribution in [0.5, 0.6) is 11.5 Å². The van der Waals surface area contributed by atoms with Gasteiger partial charge in [-0.15, -0.1) is 0 Å². The summed E-state index contributed by atoms with van der Waals surface area (Å²) in [4.78, 5) is 23.2. The molecule has 7 heteroatoms. The highest BCUT2D eigenvalue weighted by Crippen LogP contribution is 2.29. The molecule has 6 nitrogen and oxygen atoms in total. The smallest absolute Gasteiger partial charge is 0.341 e. The van der Waals surface area contributed by atoms with Crippen molar-refractivity contribution < 1.29 is 28.6 Å². The van der Waals surface area contributed by atoms with E-state index >= 15 is 0 Å². The summed E-state index contributed by atoms with van der Waals surface area (Å²) >= 11 is 0. The van der Waals surface area contributed by atoms with Crippen molar-refractivity contribution in [3.05, 3.63) is 58.9 Å². The molecule has 0 bridgehead atoms. The molecule has 2 rings (SSSR count). The lowest BCUT2D eigenvalue weighted by atomic mass is 10.1. The van der Waals surface area contributed by atoms with Crippen molar-refractivity contribution in [2.24, 2.45) is 0 Å². The van der Waals surface area contributed by atoms with Gasteiger partial charge in [-0.25, -0.2) is 9.18 Å². The first kappa shape index (κ1) is 20.2. The normalized spacial score (nSPS) is 11.6. The molecular weight excluding hydrogens is 353 g/mol. The van der Waals surface area contributed by atoms with Gasteiger partial charge in [-0.2, -0.15) is 0 Å². The molecule has 0 heterocycles. The third-order valence-electron chi connectivity index (χ3n) is 3.90. The van der Waals surface area contributed by atoms with Crippen LogP contribution in [0.25, 0.3) is 0 Å². The van der Waals surface area contributed by atoms with Crippen molar-refractivity contribution in [2.45, 2.75) is 26.8 Å². The summed E-state index contributed by atoms with van der Waals surface area (Å²) in [5.41, 5.74) is 1.51. The van der Waals surface area contributed by atoms with Crippen molar-refractivity contribution in [2.75, 3.05) is 13.2 Å². The largest absolute Gasteiger partial charge is 0.490 e. The number of aryl methyl sites for hydroxylation is 1. The van der Waals surface area contributed by atoms with E-state index in [0.717, 1.165) is 0 Å². The monoisotopic (exact) mass is 375 g/mol. The quantitative estimate of drug-likeness (QED) is 0.738. The number of carboxylic acid groups (broad SMARTS) is 1. The molecule has 0 aliphatic heterocycles. The fourth-order valence-corrected chi connectivity index (χ4v) is 2.42. The van der Waals surface area contributed by atoms with Crippen LogP contribution in [0.15, 0.2) is 36.4 Å². The Morgan fingerprint density at radius 1 is 1.15 bits per heavy atom. The molecule has 2 aromatic carbocycles. The Kier molecular flexibility index (Phi) is 6.76. The van der Waals surface area contributed by atoms with Crippen LogP contribution in [0.3, 0.4) is 0 Å². The average Bonchev–Trinajstić information content (AvgIpc) is 2.62. The number of aliphatic carboxylic acids is 1. The standard InChI is InChI=1S/C20H22FNO5/c1-4-26-18-10-15(7-8-17(18)27-11-19(23)24)20(25)22-13(3)14-6-5-12(2)16(21)9-14/h5-10,13H,4,11H2,1-3H3,(H,22,25)(H,23,24). The summed E-state index contributed by atoms with van der Waals surface area (Å²) < 4.78 is 24.3. The van der Waals surface area contributed by atoms with E-state index in [9.17, 15) is 14.0 Å². The second kappa shape index (κ2) is 9.02. The SMILES string of the molecule is CCOc1cc(C(=O)NC(C)c2ccc(C)c(F)c2)ccc1OCC(=O)O. The highest BCUT2D eigenvalue weighted by Gasteiger charge is 2.16. The zero-order valence-corrected chi connectivity index (χ0v) is 15.4. The minimum absolute atomic E-state index is 0.240. The number of hydrogen-bond acceptors (Lipinski definition) is 4. The summed E-state index contributed by atoms with van der Waals surface area (Å²) in [6, 6.07) is 8.91. The van der Waals surface area contributed by atoms with Crippen molar-refractivity contribution in [3.63, 3.8) is 0 Å². The predicted octanol–water partition coefficient (Wildman–Crippen LogP) is 3.49. The molecule has 2 N–H and O–H groups in total. The first-order valence-corrected chi connectivity index (χ1v) is 8.50. The second-order valence-electron chi connectivity index (χ2n) is 5.98. The molecule has 0 aliphatic carbocycles. The molecule has 0 saturated carbocycles. The number of nitrogens with one attached hydrogen (secondary N) is 1. The molecule has 1 atom stereocenters. The molecule has 27 heavy (non-hydrogen) atoms. The van der Waals surface area contributed by atoms with E-state index in [0.29, 0.717) is 23.3 Å². The summed E-state index contributed by atoms with van der Waals surface area (Å²) in [5, 5.41) is 11.5. The van der Waals surface area contributed by atoms with Gasteiger partial charge in [-0.05, 0) is 56.2 Å². The maximum Gasteiger partial charge on any atom is 0.341 e. The number of carbonyl (C=O) groups is 2. The van der Waals surface area contributed by atoms with Crippen LogP contribution < -0.4 is 14.8 Å². The van der Waals surface area contributed by atoms with E-state index < -0.39 is 18.6 Å². The Bertz CT molecular complexity index is 837. The summed E-state index contributed by atoms with van der Waals surface area (Å²) in [6.07, 6.45) is 0. The maximum atomic E-state index is 13.7. The van der Waals surface area contributed by atoms with Crippen LogP contribution in [0, 0.1) is 12.7 Å². The van der Waals surface area contributed by atoms with Gasteiger partial charge in [0, 0.05) is 5.56 Å². The Morgan fingerprint density at radius 2 is 1.89 bits per heavy atom.